The van der Waals surface area contributed by atoms with E-state index in [4.69, 9.17) is 9.79 Å². The monoisotopic (exact) mass is 203 g/mol. The first-order chi connectivity index (χ1) is 4.71. The Hall–Kier alpha value is 0.0600. The van der Waals surface area contributed by atoms with E-state index in [1.807, 2.05) is 0 Å². The van der Waals surface area contributed by atoms with Crippen LogP contribution in [0, 0.1) is 6.26 Å². The molecule has 0 aromatic heterocycles. The Morgan fingerprint density at radius 3 is 2.18 bits per heavy atom. The topological polar surface area (TPSA) is 101 Å². The Morgan fingerprint density at radius 2 is 1.91 bits per heavy atom. The fourth-order valence-electron chi connectivity index (χ4n) is 0.283. The molecule has 0 amide bonds. The average molecular weight is 203 g/mol. The van der Waals surface area contributed by atoms with Gasteiger partial charge in [-0.3, -0.25) is 8.75 Å². The highest BCUT2D eigenvalue weighted by molar-refractivity contribution is 7.87. The van der Waals surface area contributed by atoms with Crippen molar-refractivity contribution >= 4 is 17.7 Å². The van der Waals surface area contributed by atoms with Gasteiger partial charge in [-0.05, 0) is 0 Å². The fourth-order valence-corrected chi connectivity index (χ4v) is 1.07. The van der Waals surface area contributed by atoms with Crippen LogP contribution in [0.15, 0.2) is 0 Å². The molecule has 0 aromatic carbocycles. The van der Waals surface area contributed by atoms with Crippen LogP contribution in [0.25, 0.3) is 0 Å². The summed E-state index contributed by atoms with van der Waals surface area (Å²) >= 11 is 0. The Balaban J connectivity index is 3.70. The van der Waals surface area contributed by atoms with E-state index in [1.54, 1.807) is 0 Å². The molecule has 6 nitrogen and oxygen atoms in total. The molecule has 8 heteroatoms. The Kier molecular flexibility index (Phi) is 3.66. The van der Waals surface area contributed by atoms with E-state index in [9.17, 15) is 13.0 Å². The molecular weight excluding hydrogens is 195 g/mol. The summed E-state index contributed by atoms with van der Waals surface area (Å²) in [6.45, 7) is -0.546. The van der Waals surface area contributed by atoms with Crippen LogP contribution in [0.3, 0.4) is 0 Å². The zero-order valence-electron chi connectivity index (χ0n) is 5.50. The summed E-state index contributed by atoms with van der Waals surface area (Å²) in [6.07, 6.45) is 1.96. The molecule has 0 heterocycles. The number of hydrogen-bond acceptors (Lipinski definition) is 4. The van der Waals surface area contributed by atoms with Gasteiger partial charge in [0.1, 0.15) is 0 Å². The SMILES string of the molecule is [CH2]S(=O)(=O)OCCP(=O)(O)O. The van der Waals surface area contributed by atoms with Crippen LogP contribution in [0.1, 0.15) is 0 Å². The summed E-state index contributed by atoms with van der Waals surface area (Å²) in [5.41, 5.74) is 0. The third kappa shape index (κ3) is 10.1. The molecule has 0 aromatic rings. The van der Waals surface area contributed by atoms with Crippen molar-refractivity contribution < 1.29 is 27.0 Å². The van der Waals surface area contributed by atoms with Gasteiger partial charge in [-0.1, -0.05) is 0 Å². The van der Waals surface area contributed by atoms with Crippen LogP contribution < -0.4 is 0 Å². The Morgan fingerprint density at radius 1 is 1.45 bits per heavy atom. The van der Waals surface area contributed by atoms with E-state index in [1.165, 1.54) is 0 Å². The van der Waals surface area contributed by atoms with Gasteiger partial charge in [0.25, 0.3) is 10.1 Å². The molecule has 0 aliphatic carbocycles. The number of rotatable bonds is 4. The summed E-state index contributed by atoms with van der Waals surface area (Å²) in [7, 11) is -8.01. The molecule has 67 valence electrons. The van der Waals surface area contributed by atoms with Crippen LogP contribution in [0.4, 0.5) is 0 Å². The average Bonchev–Trinajstić information content (AvgIpc) is 1.55. The Bertz CT molecular complexity index is 249. The van der Waals surface area contributed by atoms with Gasteiger partial charge in [-0.2, -0.15) is 8.42 Å². The molecule has 0 fully saturated rings. The standard InChI is InChI=1S/C3H8O6PS/c1-11(7,8)9-2-3-10(4,5)6/h1-3H2,(H2,4,5,6). The maximum atomic E-state index is 10.1. The van der Waals surface area contributed by atoms with Gasteiger partial charge in [0.05, 0.1) is 19.0 Å². The van der Waals surface area contributed by atoms with Crippen LogP contribution in [-0.4, -0.2) is 31.0 Å². The quantitative estimate of drug-likeness (QED) is 0.463. The van der Waals surface area contributed by atoms with Gasteiger partial charge in [0, 0.05) is 0 Å². The molecule has 11 heavy (non-hydrogen) atoms. The van der Waals surface area contributed by atoms with E-state index in [0.717, 1.165) is 0 Å². The molecule has 0 atom stereocenters. The van der Waals surface area contributed by atoms with Crippen LogP contribution >= 0.6 is 7.60 Å². The maximum absolute atomic E-state index is 10.1. The lowest BCUT2D eigenvalue weighted by molar-refractivity contribution is 0.321. The highest BCUT2D eigenvalue weighted by atomic mass is 32.2. The second kappa shape index (κ2) is 3.64. The molecule has 2 N–H and O–H groups in total. The van der Waals surface area contributed by atoms with Gasteiger partial charge in [0.2, 0.25) is 0 Å². The molecule has 0 bridgehead atoms. The highest BCUT2D eigenvalue weighted by Crippen LogP contribution is 2.33. The third-order valence-electron chi connectivity index (χ3n) is 0.645. The van der Waals surface area contributed by atoms with E-state index in [-0.39, 0.29) is 0 Å². The van der Waals surface area contributed by atoms with Crippen molar-refractivity contribution in [3.63, 3.8) is 0 Å². The Labute approximate surface area is 64.5 Å². The van der Waals surface area contributed by atoms with Crippen LogP contribution in [-0.2, 0) is 18.9 Å². The molecule has 0 aliphatic heterocycles. The summed E-state index contributed by atoms with van der Waals surface area (Å²) in [6, 6.07) is 0. The second-order valence-electron chi connectivity index (χ2n) is 1.77. The van der Waals surface area contributed by atoms with Gasteiger partial charge < -0.3 is 9.79 Å². The lowest BCUT2D eigenvalue weighted by Gasteiger charge is -2.02. The predicted octanol–water partition coefficient (Wildman–Crippen LogP) is -0.698. The van der Waals surface area contributed by atoms with E-state index in [0.29, 0.717) is 0 Å². The molecule has 1 radical (unpaired) electrons. The molecular formula is C3H8O6PS. The van der Waals surface area contributed by atoms with Crippen molar-refractivity contribution in [1.82, 2.24) is 0 Å². The van der Waals surface area contributed by atoms with E-state index in [2.05, 4.69) is 10.4 Å². The second-order valence-corrected chi connectivity index (χ2v) is 4.90. The minimum absolute atomic E-state index is 0.546. The lowest BCUT2D eigenvalue weighted by Crippen LogP contribution is -2.05. The molecule has 0 rings (SSSR count). The van der Waals surface area contributed by atoms with E-state index < -0.39 is 30.5 Å². The molecule has 0 spiro atoms. The highest BCUT2D eigenvalue weighted by Gasteiger charge is 2.13. The summed E-state index contributed by atoms with van der Waals surface area (Å²) < 4.78 is 34.4. The number of hydrogen-bond donors (Lipinski definition) is 2. The maximum Gasteiger partial charge on any atom is 0.327 e. The first-order valence-corrected chi connectivity index (χ1v) is 5.85. The van der Waals surface area contributed by atoms with Gasteiger partial charge in [-0.15, -0.1) is 0 Å². The van der Waals surface area contributed by atoms with E-state index >= 15 is 0 Å². The summed E-state index contributed by atoms with van der Waals surface area (Å²) in [5.74, 6) is 0. The summed E-state index contributed by atoms with van der Waals surface area (Å²) in [4.78, 5) is 16.5. The lowest BCUT2D eigenvalue weighted by atomic mass is 10.9. The van der Waals surface area contributed by atoms with Crippen molar-refractivity contribution in [2.24, 2.45) is 0 Å². The normalized spacial score (nSPS) is 13.4. The zero-order valence-corrected chi connectivity index (χ0v) is 7.22. The van der Waals surface area contributed by atoms with Crippen LogP contribution in [0.5, 0.6) is 0 Å². The third-order valence-corrected chi connectivity index (χ3v) is 1.94. The minimum Gasteiger partial charge on any atom is -0.324 e. The van der Waals surface area contributed by atoms with Crippen molar-refractivity contribution in [3.8, 4) is 0 Å². The van der Waals surface area contributed by atoms with Crippen molar-refractivity contribution in [2.45, 2.75) is 0 Å². The van der Waals surface area contributed by atoms with Gasteiger partial charge in [0.15, 0.2) is 0 Å². The fraction of sp³-hybridized carbons (Fsp3) is 0.667. The summed E-state index contributed by atoms with van der Waals surface area (Å²) in [5, 5.41) is 0. The first-order valence-electron chi connectivity index (χ1n) is 2.48. The van der Waals surface area contributed by atoms with Crippen molar-refractivity contribution in [2.75, 3.05) is 12.8 Å². The van der Waals surface area contributed by atoms with Crippen LogP contribution in [0.2, 0.25) is 0 Å². The minimum atomic E-state index is -4.17. The molecule has 0 unspecified atom stereocenters. The van der Waals surface area contributed by atoms with Gasteiger partial charge in [-0.25, -0.2) is 0 Å². The smallest absolute Gasteiger partial charge is 0.324 e. The largest absolute Gasteiger partial charge is 0.327 e. The zero-order chi connectivity index (χ0) is 9.12. The predicted molar refractivity (Wildman–Crippen MR) is 37.1 cm³/mol. The van der Waals surface area contributed by atoms with Crippen molar-refractivity contribution in [3.05, 3.63) is 6.26 Å². The molecule has 0 aliphatic rings. The molecule has 0 saturated heterocycles. The molecule has 0 saturated carbocycles. The van der Waals surface area contributed by atoms with Gasteiger partial charge >= 0.3 is 7.60 Å². The van der Waals surface area contributed by atoms with Crippen molar-refractivity contribution in [1.29, 1.82) is 0 Å². The first kappa shape index (κ1) is 11.1.